The molecule has 7 nitrogen and oxygen atoms in total. The van der Waals surface area contributed by atoms with Gasteiger partial charge in [-0.2, -0.15) is 0 Å². The average Bonchev–Trinajstić information content (AvgIpc) is 2.48. The topological polar surface area (TPSA) is 125 Å². The fourth-order valence-corrected chi connectivity index (χ4v) is 3.11. The highest BCUT2D eigenvalue weighted by Crippen LogP contribution is 2.23. The van der Waals surface area contributed by atoms with Crippen LogP contribution in [0.2, 0.25) is 0 Å². The van der Waals surface area contributed by atoms with Crippen molar-refractivity contribution >= 4 is 28.3 Å². The quantitative estimate of drug-likeness (QED) is 0.728. The van der Waals surface area contributed by atoms with Crippen LogP contribution in [0.25, 0.3) is 0 Å². The molecule has 0 atom stereocenters. The summed E-state index contributed by atoms with van der Waals surface area (Å²) in [7, 11) is -2.46. The van der Waals surface area contributed by atoms with Crippen LogP contribution in [0.3, 0.4) is 0 Å². The van der Waals surface area contributed by atoms with Crippen molar-refractivity contribution in [2.75, 3.05) is 7.11 Å². The molecule has 0 aliphatic heterocycles. The van der Waals surface area contributed by atoms with E-state index in [1.54, 1.807) is 0 Å². The summed E-state index contributed by atoms with van der Waals surface area (Å²) in [5, 5.41) is 8.00. The molecule has 5 N–H and O–H groups in total. The molecular formula is C14H22ClN3O4S. The molecule has 1 aliphatic rings. The van der Waals surface area contributed by atoms with Crippen molar-refractivity contribution in [3.05, 3.63) is 23.8 Å². The SMILES string of the molecule is COc1ccc(S(N)(=O)=O)cc1C(=O)NC1CCC(N)CC1.Cl. The van der Waals surface area contributed by atoms with Crippen molar-refractivity contribution in [1.82, 2.24) is 5.32 Å². The van der Waals surface area contributed by atoms with E-state index in [1.165, 1.54) is 25.3 Å². The number of halogens is 1. The zero-order valence-corrected chi connectivity index (χ0v) is 14.5. The van der Waals surface area contributed by atoms with Crippen molar-refractivity contribution < 1.29 is 17.9 Å². The smallest absolute Gasteiger partial charge is 0.255 e. The van der Waals surface area contributed by atoms with E-state index < -0.39 is 10.0 Å². The number of nitrogens with two attached hydrogens (primary N) is 2. The monoisotopic (exact) mass is 363 g/mol. The first kappa shape index (κ1) is 19.7. The van der Waals surface area contributed by atoms with Crippen molar-refractivity contribution in [3.8, 4) is 5.75 Å². The molecule has 0 radical (unpaired) electrons. The number of nitrogens with one attached hydrogen (secondary N) is 1. The van der Waals surface area contributed by atoms with Gasteiger partial charge in [0.1, 0.15) is 5.75 Å². The third-order valence-electron chi connectivity index (χ3n) is 3.85. The summed E-state index contributed by atoms with van der Waals surface area (Å²) in [6.07, 6.45) is 3.34. The molecule has 1 aromatic rings. The van der Waals surface area contributed by atoms with Crippen LogP contribution in [0.4, 0.5) is 0 Å². The van der Waals surface area contributed by atoms with Crippen LogP contribution in [0.1, 0.15) is 36.0 Å². The average molecular weight is 364 g/mol. The maximum Gasteiger partial charge on any atom is 0.255 e. The highest BCUT2D eigenvalue weighted by Gasteiger charge is 2.23. The van der Waals surface area contributed by atoms with Gasteiger partial charge in [0.05, 0.1) is 17.6 Å². The second-order valence-corrected chi connectivity index (χ2v) is 7.05. The number of amides is 1. The summed E-state index contributed by atoms with van der Waals surface area (Å²) in [5.74, 6) is -0.0692. The van der Waals surface area contributed by atoms with Crippen molar-refractivity contribution in [2.45, 2.75) is 42.7 Å². The maximum absolute atomic E-state index is 12.4. The summed E-state index contributed by atoms with van der Waals surface area (Å²) in [4.78, 5) is 12.3. The number of methoxy groups -OCH3 is 1. The van der Waals surface area contributed by atoms with E-state index in [9.17, 15) is 13.2 Å². The first-order valence-electron chi connectivity index (χ1n) is 7.08. The summed E-state index contributed by atoms with van der Waals surface area (Å²) in [6, 6.07) is 4.19. The lowest BCUT2D eigenvalue weighted by atomic mass is 9.91. The molecule has 2 rings (SSSR count). The number of ether oxygens (including phenoxy) is 1. The molecule has 1 aromatic carbocycles. The lowest BCUT2D eigenvalue weighted by molar-refractivity contribution is 0.0922. The van der Waals surface area contributed by atoms with Gasteiger partial charge in [0.25, 0.3) is 5.91 Å². The Morgan fingerprint density at radius 3 is 2.39 bits per heavy atom. The van der Waals surface area contributed by atoms with Gasteiger partial charge in [-0.1, -0.05) is 0 Å². The van der Waals surface area contributed by atoms with E-state index in [1.807, 2.05) is 0 Å². The van der Waals surface area contributed by atoms with E-state index in [2.05, 4.69) is 5.32 Å². The lowest BCUT2D eigenvalue weighted by Crippen LogP contribution is -2.40. The van der Waals surface area contributed by atoms with Crippen LogP contribution in [-0.4, -0.2) is 33.5 Å². The molecule has 1 aliphatic carbocycles. The number of primary sulfonamides is 1. The fraction of sp³-hybridized carbons (Fsp3) is 0.500. The minimum atomic E-state index is -3.88. The molecule has 0 aromatic heterocycles. The van der Waals surface area contributed by atoms with E-state index in [4.69, 9.17) is 15.6 Å². The number of sulfonamides is 1. The van der Waals surface area contributed by atoms with Crippen LogP contribution in [0.15, 0.2) is 23.1 Å². The molecule has 1 fully saturated rings. The Morgan fingerprint density at radius 1 is 1.26 bits per heavy atom. The highest BCUT2D eigenvalue weighted by molar-refractivity contribution is 7.89. The van der Waals surface area contributed by atoms with Gasteiger partial charge < -0.3 is 15.8 Å². The van der Waals surface area contributed by atoms with Gasteiger partial charge in [-0.3, -0.25) is 4.79 Å². The second-order valence-electron chi connectivity index (χ2n) is 5.49. The minimum Gasteiger partial charge on any atom is -0.496 e. The Morgan fingerprint density at radius 2 is 1.87 bits per heavy atom. The fourth-order valence-electron chi connectivity index (χ4n) is 2.57. The minimum absolute atomic E-state index is 0. The Hall–Kier alpha value is -1.35. The number of carbonyl (C=O) groups is 1. The normalized spacial score (nSPS) is 21.2. The van der Waals surface area contributed by atoms with Crippen LogP contribution in [0.5, 0.6) is 5.75 Å². The molecule has 130 valence electrons. The zero-order chi connectivity index (χ0) is 16.3. The van der Waals surface area contributed by atoms with Gasteiger partial charge in [-0.15, -0.1) is 12.4 Å². The third-order valence-corrected chi connectivity index (χ3v) is 4.76. The summed E-state index contributed by atoms with van der Waals surface area (Å²) in [5.41, 5.74) is 6.00. The molecule has 0 heterocycles. The zero-order valence-electron chi connectivity index (χ0n) is 12.8. The molecular weight excluding hydrogens is 342 g/mol. The number of carbonyl (C=O) groups excluding carboxylic acids is 1. The first-order valence-corrected chi connectivity index (χ1v) is 8.63. The third kappa shape index (κ3) is 5.07. The number of hydrogen-bond donors (Lipinski definition) is 3. The molecule has 0 spiro atoms. The van der Waals surface area contributed by atoms with E-state index >= 15 is 0 Å². The second kappa shape index (κ2) is 7.96. The predicted octanol–water partition coefficient (Wildman–Crippen LogP) is 0.764. The Bertz CT molecular complexity index is 658. The number of hydrogen-bond acceptors (Lipinski definition) is 5. The standard InChI is InChI=1S/C14H21N3O4S.ClH/c1-21-13-7-6-11(22(16,19)20)8-12(13)14(18)17-10-4-2-9(15)3-5-10;/h6-10H,2-5,15H2,1H3,(H,17,18)(H2,16,19,20);1H. The molecule has 0 unspecified atom stereocenters. The number of benzene rings is 1. The number of rotatable bonds is 4. The van der Waals surface area contributed by atoms with Crippen LogP contribution < -0.4 is 20.9 Å². The highest BCUT2D eigenvalue weighted by atomic mass is 35.5. The van der Waals surface area contributed by atoms with E-state index in [0.717, 1.165) is 25.7 Å². The van der Waals surface area contributed by atoms with E-state index in [0.29, 0.717) is 5.75 Å². The van der Waals surface area contributed by atoms with E-state index in [-0.39, 0.29) is 40.9 Å². The Kier molecular flexibility index (Phi) is 6.82. The largest absolute Gasteiger partial charge is 0.496 e. The first-order chi connectivity index (χ1) is 10.3. The van der Waals surface area contributed by atoms with Gasteiger partial charge in [0.2, 0.25) is 10.0 Å². The molecule has 0 bridgehead atoms. The van der Waals surface area contributed by atoms with Gasteiger partial charge in [0.15, 0.2) is 0 Å². The van der Waals surface area contributed by atoms with Crippen LogP contribution in [-0.2, 0) is 10.0 Å². The maximum atomic E-state index is 12.4. The van der Waals surface area contributed by atoms with Crippen LogP contribution >= 0.6 is 12.4 Å². The van der Waals surface area contributed by atoms with Gasteiger partial charge in [-0.25, -0.2) is 13.6 Å². The molecule has 23 heavy (non-hydrogen) atoms. The van der Waals surface area contributed by atoms with Crippen molar-refractivity contribution in [1.29, 1.82) is 0 Å². The summed E-state index contributed by atoms with van der Waals surface area (Å²) in [6.45, 7) is 0. The van der Waals surface area contributed by atoms with Crippen LogP contribution in [0, 0.1) is 0 Å². The van der Waals surface area contributed by atoms with Gasteiger partial charge >= 0.3 is 0 Å². The molecule has 1 saturated carbocycles. The molecule has 1 amide bonds. The van der Waals surface area contributed by atoms with Crippen molar-refractivity contribution in [3.63, 3.8) is 0 Å². The predicted molar refractivity (Wildman–Crippen MR) is 89.3 cm³/mol. The molecule has 0 saturated heterocycles. The Labute approximate surface area is 142 Å². The Balaban J connectivity index is 0.00000264. The van der Waals surface area contributed by atoms with Gasteiger partial charge in [0, 0.05) is 12.1 Å². The van der Waals surface area contributed by atoms with Gasteiger partial charge in [-0.05, 0) is 43.9 Å². The van der Waals surface area contributed by atoms with Crippen molar-refractivity contribution in [2.24, 2.45) is 10.9 Å². The summed E-state index contributed by atoms with van der Waals surface area (Å²) >= 11 is 0. The summed E-state index contributed by atoms with van der Waals surface area (Å²) < 4.78 is 28.0. The molecule has 9 heteroatoms. The lowest BCUT2D eigenvalue weighted by Gasteiger charge is -2.27.